The first-order valence-corrected chi connectivity index (χ1v) is 12.3. The molecule has 2 aromatic carbocycles. The van der Waals surface area contributed by atoms with Gasteiger partial charge in [0.15, 0.2) is 0 Å². The lowest BCUT2D eigenvalue weighted by Crippen LogP contribution is -2.30. The average Bonchev–Trinajstić information content (AvgIpc) is 2.88. The molecule has 0 radical (unpaired) electrons. The lowest BCUT2D eigenvalue weighted by Gasteiger charge is -2.10. The quantitative estimate of drug-likeness (QED) is 0.401. The van der Waals surface area contributed by atoms with Gasteiger partial charge >= 0.3 is 5.97 Å². The predicted octanol–water partition coefficient (Wildman–Crippen LogP) is 2.62. The Bertz CT molecular complexity index is 1380. The SMILES string of the molecule is COC(=O)c1ccc(C(=O)NS(=O)(=O)c2ccc(CCNC(=O)c3cc(OC)ccc3Cl)cc2)cn1. The first-order valence-electron chi connectivity index (χ1n) is 10.5. The van der Waals surface area contributed by atoms with Crippen molar-refractivity contribution in [2.24, 2.45) is 0 Å². The molecule has 36 heavy (non-hydrogen) atoms. The third kappa shape index (κ3) is 6.58. The first-order chi connectivity index (χ1) is 17.1. The Morgan fingerprint density at radius 3 is 2.31 bits per heavy atom. The third-order valence-electron chi connectivity index (χ3n) is 5.00. The second-order valence-electron chi connectivity index (χ2n) is 7.35. The van der Waals surface area contributed by atoms with E-state index in [1.54, 1.807) is 24.3 Å². The summed E-state index contributed by atoms with van der Waals surface area (Å²) in [6.07, 6.45) is 1.51. The number of carbonyl (C=O) groups excluding carboxylic acids is 3. The second-order valence-corrected chi connectivity index (χ2v) is 9.44. The summed E-state index contributed by atoms with van der Waals surface area (Å²) in [4.78, 5) is 39.8. The Hall–Kier alpha value is -3.96. The van der Waals surface area contributed by atoms with Crippen LogP contribution in [0.15, 0.2) is 65.7 Å². The molecule has 1 aromatic heterocycles. The molecule has 0 aliphatic heterocycles. The Balaban J connectivity index is 1.58. The molecule has 0 atom stereocenters. The number of aromatic nitrogens is 1. The second kappa shape index (κ2) is 11.6. The number of rotatable bonds is 9. The summed E-state index contributed by atoms with van der Waals surface area (Å²) in [6, 6.07) is 13.1. The number of carbonyl (C=O) groups is 3. The highest BCUT2D eigenvalue weighted by Gasteiger charge is 2.20. The Kier molecular flexibility index (Phi) is 8.62. The number of hydrogen-bond acceptors (Lipinski definition) is 8. The van der Waals surface area contributed by atoms with Crippen molar-refractivity contribution in [2.45, 2.75) is 11.3 Å². The van der Waals surface area contributed by atoms with Gasteiger partial charge in [-0.05, 0) is 54.4 Å². The molecule has 0 saturated heterocycles. The molecule has 0 aliphatic rings. The van der Waals surface area contributed by atoms with Crippen molar-refractivity contribution in [3.05, 3.63) is 88.2 Å². The van der Waals surface area contributed by atoms with E-state index in [0.29, 0.717) is 17.2 Å². The summed E-state index contributed by atoms with van der Waals surface area (Å²) in [5, 5.41) is 3.05. The molecule has 2 N–H and O–H groups in total. The molecule has 0 fully saturated rings. The van der Waals surface area contributed by atoms with Crippen molar-refractivity contribution >= 4 is 39.4 Å². The molecule has 0 spiro atoms. The van der Waals surface area contributed by atoms with E-state index >= 15 is 0 Å². The van der Waals surface area contributed by atoms with E-state index in [2.05, 4.69) is 15.0 Å². The molecule has 12 heteroatoms. The Morgan fingerprint density at radius 2 is 1.69 bits per heavy atom. The smallest absolute Gasteiger partial charge is 0.356 e. The van der Waals surface area contributed by atoms with Crippen LogP contribution in [0.25, 0.3) is 0 Å². The van der Waals surface area contributed by atoms with Gasteiger partial charge in [-0.25, -0.2) is 22.9 Å². The predicted molar refractivity (Wildman–Crippen MR) is 131 cm³/mol. The maximum Gasteiger partial charge on any atom is 0.356 e. The lowest BCUT2D eigenvalue weighted by molar-refractivity contribution is 0.0593. The van der Waals surface area contributed by atoms with Crippen LogP contribution in [0.1, 0.15) is 36.8 Å². The van der Waals surface area contributed by atoms with Crippen molar-refractivity contribution in [3.63, 3.8) is 0 Å². The monoisotopic (exact) mass is 531 g/mol. The maximum atomic E-state index is 12.6. The number of hydrogen-bond donors (Lipinski definition) is 2. The summed E-state index contributed by atoms with van der Waals surface area (Å²) < 4.78 is 36.8. The number of methoxy groups -OCH3 is 2. The molecule has 10 nitrogen and oxygen atoms in total. The fourth-order valence-corrected chi connectivity index (χ4v) is 4.23. The van der Waals surface area contributed by atoms with E-state index in [9.17, 15) is 22.8 Å². The van der Waals surface area contributed by atoms with Gasteiger partial charge in [0.1, 0.15) is 11.4 Å². The minimum Gasteiger partial charge on any atom is -0.497 e. The van der Waals surface area contributed by atoms with E-state index in [0.717, 1.165) is 11.8 Å². The standard InChI is InChI=1S/C24H22ClN3O7S/c1-34-17-6-9-20(25)19(13-17)23(30)26-12-11-15-3-7-18(8-4-15)36(32,33)28-22(29)16-5-10-21(27-14-16)24(31)35-2/h3-10,13-14H,11-12H2,1-2H3,(H,26,30)(H,28,29). The number of sulfonamides is 1. The van der Waals surface area contributed by atoms with E-state index in [1.807, 2.05) is 4.72 Å². The molecule has 3 aromatic rings. The first kappa shape index (κ1) is 26.6. The number of amides is 2. The van der Waals surface area contributed by atoms with Gasteiger partial charge in [-0.1, -0.05) is 23.7 Å². The number of benzene rings is 2. The van der Waals surface area contributed by atoms with Gasteiger partial charge in [0.05, 0.1) is 35.3 Å². The highest BCUT2D eigenvalue weighted by atomic mass is 35.5. The number of halogens is 1. The van der Waals surface area contributed by atoms with E-state index in [1.165, 1.54) is 44.6 Å². The fourth-order valence-electron chi connectivity index (χ4n) is 3.05. The zero-order valence-electron chi connectivity index (χ0n) is 19.3. The van der Waals surface area contributed by atoms with Crippen LogP contribution in [-0.4, -0.2) is 51.9 Å². The third-order valence-corrected chi connectivity index (χ3v) is 6.67. The Labute approximate surface area is 212 Å². The zero-order valence-corrected chi connectivity index (χ0v) is 20.9. The molecular formula is C24H22ClN3O7S. The van der Waals surface area contributed by atoms with Gasteiger partial charge in [0.25, 0.3) is 21.8 Å². The van der Waals surface area contributed by atoms with Crippen LogP contribution < -0.4 is 14.8 Å². The molecule has 0 aliphatic carbocycles. The summed E-state index contributed by atoms with van der Waals surface area (Å²) in [5.41, 5.74) is 0.980. The van der Waals surface area contributed by atoms with Crippen LogP contribution in [0.5, 0.6) is 5.75 Å². The van der Waals surface area contributed by atoms with Crippen LogP contribution in [0.3, 0.4) is 0 Å². The van der Waals surface area contributed by atoms with Gasteiger partial charge in [0.2, 0.25) is 0 Å². The van der Waals surface area contributed by atoms with E-state index in [-0.39, 0.29) is 34.2 Å². The van der Waals surface area contributed by atoms with E-state index < -0.39 is 21.9 Å². The summed E-state index contributed by atoms with van der Waals surface area (Å²) in [6.45, 7) is 0.282. The topological polar surface area (TPSA) is 141 Å². The molecule has 2 amide bonds. The molecule has 188 valence electrons. The van der Waals surface area contributed by atoms with Gasteiger partial charge in [-0.2, -0.15) is 0 Å². The molecule has 3 rings (SSSR count). The number of nitrogens with one attached hydrogen (secondary N) is 2. The highest BCUT2D eigenvalue weighted by molar-refractivity contribution is 7.90. The van der Waals surface area contributed by atoms with Gasteiger partial charge < -0.3 is 14.8 Å². The molecular weight excluding hydrogens is 510 g/mol. The highest BCUT2D eigenvalue weighted by Crippen LogP contribution is 2.21. The van der Waals surface area contributed by atoms with Crippen LogP contribution in [0.2, 0.25) is 5.02 Å². The normalized spacial score (nSPS) is 10.9. The van der Waals surface area contributed by atoms with Crippen LogP contribution in [0, 0.1) is 0 Å². The van der Waals surface area contributed by atoms with Crippen LogP contribution in [0.4, 0.5) is 0 Å². The van der Waals surface area contributed by atoms with E-state index in [4.69, 9.17) is 16.3 Å². The van der Waals surface area contributed by atoms with Crippen molar-refractivity contribution in [1.29, 1.82) is 0 Å². The summed E-state index contributed by atoms with van der Waals surface area (Å²) >= 11 is 6.08. The molecule has 0 saturated carbocycles. The van der Waals surface area contributed by atoms with Crippen LogP contribution >= 0.6 is 11.6 Å². The Morgan fingerprint density at radius 1 is 0.972 bits per heavy atom. The van der Waals surface area contributed by atoms with Crippen LogP contribution in [-0.2, 0) is 21.2 Å². The zero-order chi connectivity index (χ0) is 26.3. The van der Waals surface area contributed by atoms with Gasteiger partial charge in [-0.15, -0.1) is 0 Å². The number of pyridine rings is 1. The number of esters is 1. The van der Waals surface area contributed by atoms with Gasteiger partial charge in [-0.3, -0.25) is 9.59 Å². The molecule has 0 unspecified atom stereocenters. The summed E-state index contributed by atoms with van der Waals surface area (Å²) in [7, 11) is -1.47. The maximum absolute atomic E-state index is 12.6. The van der Waals surface area contributed by atoms with Crippen molar-refractivity contribution in [3.8, 4) is 5.75 Å². The fraction of sp³-hybridized carbons (Fsp3) is 0.167. The van der Waals surface area contributed by atoms with Gasteiger partial charge in [0, 0.05) is 12.7 Å². The number of ether oxygens (including phenoxy) is 2. The summed E-state index contributed by atoms with van der Waals surface area (Å²) in [5.74, 6) is -1.45. The minimum absolute atomic E-state index is 0.0183. The van der Waals surface area contributed by atoms with Crippen molar-refractivity contribution in [1.82, 2.24) is 15.0 Å². The lowest BCUT2D eigenvalue weighted by atomic mass is 10.1. The molecule has 1 heterocycles. The number of nitrogens with zero attached hydrogens (tertiary/aromatic N) is 1. The average molecular weight is 532 g/mol. The van der Waals surface area contributed by atoms with Crippen molar-refractivity contribution < 1.29 is 32.3 Å². The minimum atomic E-state index is -4.15. The molecule has 0 bridgehead atoms. The van der Waals surface area contributed by atoms with Crippen molar-refractivity contribution in [2.75, 3.05) is 20.8 Å². The largest absolute Gasteiger partial charge is 0.497 e.